The van der Waals surface area contributed by atoms with Crippen LogP contribution in [0.2, 0.25) is 0 Å². The third kappa shape index (κ3) is 5.88. The zero-order valence-corrected chi connectivity index (χ0v) is 30.7. The molecule has 7 rings (SSSR count). The van der Waals surface area contributed by atoms with E-state index in [1.165, 1.54) is 44.7 Å². The Morgan fingerprint density at radius 3 is 1.98 bits per heavy atom. The van der Waals surface area contributed by atoms with Crippen molar-refractivity contribution in [2.75, 3.05) is 6.61 Å². The summed E-state index contributed by atoms with van der Waals surface area (Å²) in [5, 5.41) is 25.5. The van der Waals surface area contributed by atoms with Crippen molar-refractivity contribution in [2.45, 2.75) is 77.0 Å². The fourth-order valence-electron chi connectivity index (χ4n) is 10.3. The first kappa shape index (κ1) is 37.3. The summed E-state index contributed by atoms with van der Waals surface area (Å²) >= 11 is 0. The number of benzene rings is 1. The number of ether oxygens (including phenoxy) is 4. The Bertz CT molecular complexity index is 1960. The van der Waals surface area contributed by atoms with Crippen LogP contribution in [0.15, 0.2) is 79.4 Å². The number of rotatable bonds is 8. The van der Waals surface area contributed by atoms with Crippen LogP contribution in [0.5, 0.6) is 0 Å². The number of ketones is 1. The molecule has 0 radical (unpaired) electrons. The van der Waals surface area contributed by atoms with E-state index in [1.807, 2.05) is 6.92 Å². The second-order valence-corrected chi connectivity index (χ2v) is 16.0. The Morgan fingerprint density at radius 2 is 1.39 bits per heavy atom. The van der Waals surface area contributed by atoms with Crippen LogP contribution in [0.3, 0.4) is 0 Å². The molecule has 0 bridgehead atoms. The van der Waals surface area contributed by atoms with E-state index in [1.54, 1.807) is 62.4 Å². The number of nitrogens with zero attached hydrogens (tertiary/aromatic N) is 2. The lowest BCUT2D eigenvalue weighted by molar-refractivity contribution is -0.204. The lowest BCUT2D eigenvalue weighted by Gasteiger charge is -2.53. The van der Waals surface area contributed by atoms with Crippen LogP contribution in [0.25, 0.3) is 0 Å². The van der Waals surface area contributed by atoms with Gasteiger partial charge in [0, 0.05) is 48.5 Å². The summed E-state index contributed by atoms with van der Waals surface area (Å²) in [4.78, 5) is 76.7. The molecule has 2 aromatic heterocycles. The monoisotopic (exact) mass is 740 g/mol. The topological polar surface area (TPSA) is 189 Å². The zero-order valence-electron chi connectivity index (χ0n) is 30.7. The predicted octanol–water partition coefficient (Wildman–Crippen LogP) is 4.02. The van der Waals surface area contributed by atoms with Gasteiger partial charge in [-0.05, 0) is 73.9 Å². The molecule has 2 heterocycles. The Labute approximate surface area is 312 Å². The van der Waals surface area contributed by atoms with Crippen molar-refractivity contribution < 1.29 is 53.1 Å². The second-order valence-electron chi connectivity index (χ2n) is 16.0. The number of aromatic nitrogens is 2. The molecule has 13 heteroatoms. The number of carbonyl (C=O) groups is 5. The Kier molecular flexibility index (Phi) is 9.25. The maximum Gasteiger partial charge on any atom is 0.339 e. The third-order valence-corrected chi connectivity index (χ3v) is 12.7. The van der Waals surface area contributed by atoms with Crippen molar-refractivity contribution in [2.24, 2.45) is 40.4 Å². The minimum Gasteiger partial charge on any atom is -0.462 e. The third-order valence-electron chi connectivity index (χ3n) is 12.7. The molecule has 0 unspecified atom stereocenters. The molecule has 54 heavy (non-hydrogen) atoms. The van der Waals surface area contributed by atoms with Crippen LogP contribution in [-0.4, -0.2) is 86.0 Å². The fraction of sp³-hybridized carbons (Fsp3) is 0.488. The number of pyridine rings is 2. The average Bonchev–Trinajstić information content (AvgIpc) is 3.64. The molecule has 0 saturated heterocycles. The van der Waals surface area contributed by atoms with Gasteiger partial charge in [-0.2, -0.15) is 0 Å². The molecule has 3 aromatic rings. The lowest BCUT2D eigenvalue weighted by atomic mass is 9.56. The second kappa shape index (κ2) is 13.4. The Morgan fingerprint density at radius 1 is 0.796 bits per heavy atom. The first-order valence-corrected chi connectivity index (χ1v) is 18.2. The molecule has 4 fully saturated rings. The van der Waals surface area contributed by atoms with Gasteiger partial charge in [-0.1, -0.05) is 39.0 Å². The Balaban J connectivity index is 1.37. The van der Waals surface area contributed by atoms with Gasteiger partial charge >= 0.3 is 23.9 Å². The summed E-state index contributed by atoms with van der Waals surface area (Å²) in [5.74, 6) is -7.78. The molecule has 2 N–H and O–H groups in total. The van der Waals surface area contributed by atoms with Crippen molar-refractivity contribution in [1.82, 2.24) is 9.97 Å². The highest BCUT2D eigenvalue weighted by molar-refractivity contribution is 5.97. The van der Waals surface area contributed by atoms with Crippen LogP contribution in [0.4, 0.5) is 0 Å². The van der Waals surface area contributed by atoms with Gasteiger partial charge in [-0.3, -0.25) is 19.6 Å². The smallest absolute Gasteiger partial charge is 0.339 e. The number of Topliss-reactive ketones (excluding diaryl/α,β-unsaturated/α-hetero) is 1. The van der Waals surface area contributed by atoms with Gasteiger partial charge in [0.1, 0.15) is 29.5 Å². The van der Waals surface area contributed by atoms with Crippen molar-refractivity contribution in [3.8, 4) is 0 Å². The van der Waals surface area contributed by atoms with E-state index in [-0.39, 0.29) is 42.1 Å². The maximum atomic E-state index is 15.0. The number of carbonyl (C=O) groups excluding carboxylic acids is 5. The largest absolute Gasteiger partial charge is 0.462 e. The number of hydrogen-bond acceptors (Lipinski definition) is 13. The average molecular weight is 741 g/mol. The van der Waals surface area contributed by atoms with E-state index in [0.717, 1.165) is 0 Å². The van der Waals surface area contributed by atoms with E-state index in [9.17, 15) is 34.2 Å². The zero-order chi connectivity index (χ0) is 38.8. The predicted molar refractivity (Wildman–Crippen MR) is 188 cm³/mol. The SMILES string of the molecule is CC(=O)O[C@H]1C[C@H]2[C@@H]([C@@H]3[C@]1(C)[C@H](OC(=O)c1ccccc1)[C@H]1[C@@H](OC(=O)c4cccnc4)[C@@H](C)C[C@]1(O)C(=O)[C@@]3(C)O)[C@@]2(C)COC(=O)c1cccnc1. The number of fused-ring (bicyclic) bond motifs is 4. The number of aliphatic hydroxyl groups is 2. The minimum absolute atomic E-state index is 0.107. The lowest BCUT2D eigenvalue weighted by Crippen LogP contribution is -2.62. The normalized spacial score (nSPS) is 37.7. The molecule has 13 nitrogen and oxygen atoms in total. The van der Waals surface area contributed by atoms with Crippen LogP contribution in [0.1, 0.15) is 78.5 Å². The first-order chi connectivity index (χ1) is 25.5. The molecule has 12 atom stereocenters. The van der Waals surface area contributed by atoms with E-state index < -0.39 is 93.7 Å². The van der Waals surface area contributed by atoms with Crippen molar-refractivity contribution in [1.29, 1.82) is 0 Å². The molecular weight excluding hydrogens is 696 g/mol. The summed E-state index contributed by atoms with van der Waals surface area (Å²) in [6.07, 6.45) is 1.98. The fourth-order valence-corrected chi connectivity index (χ4v) is 10.3. The minimum atomic E-state index is -2.36. The van der Waals surface area contributed by atoms with Gasteiger partial charge in [0.2, 0.25) is 0 Å². The van der Waals surface area contributed by atoms with Gasteiger partial charge in [0.25, 0.3) is 0 Å². The Hall–Kier alpha value is -5.01. The van der Waals surface area contributed by atoms with E-state index in [2.05, 4.69) is 9.97 Å². The molecule has 4 aliphatic rings. The van der Waals surface area contributed by atoms with Gasteiger partial charge in [-0.15, -0.1) is 0 Å². The molecule has 4 saturated carbocycles. The summed E-state index contributed by atoms with van der Waals surface area (Å²) in [6, 6.07) is 14.4. The molecule has 4 aliphatic carbocycles. The van der Waals surface area contributed by atoms with Gasteiger partial charge in [-0.25, -0.2) is 14.4 Å². The number of esters is 4. The summed E-state index contributed by atoms with van der Waals surface area (Å²) < 4.78 is 24.5. The highest BCUT2D eigenvalue weighted by Crippen LogP contribution is 2.76. The quantitative estimate of drug-likeness (QED) is 0.249. The van der Waals surface area contributed by atoms with Crippen molar-refractivity contribution in [3.63, 3.8) is 0 Å². The molecule has 0 amide bonds. The maximum absolute atomic E-state index is 15.0. The first-order valence-electron chi connectivity index (χ1n) is 18.2. The molecular formula is C41H44N2O11. The summed E-state index contributed by atoms with van der Waals surface area (Å²) in [7, 11) is 0. The van der Waals surface area contributed by atoms with Crippen LogP contribution >= 0.6 is 0 Å². The highest BCUT2D eigenvalue weighted by atomic mass is 16.6. The summed E-state index contributed by atoms with van der Waals surface area (Å²) in [5.41, 5.74) is -6.52. The summed E-state index contributed by atoms with van der Waals surface area (Å²) in [6.45, 7) is 7.75. The van der Waals surface area contributed by atoms with E-state index >= 15 is 0 Å². The standard InChI is InChI=1S/C41H44N2O11/c1-22-18-41(50)30(31(22)53-36(47)26-14-10-16-43-20-26)33(54-35(46)24-11-7-6-8-12-24)39(4)28(52-23(2)44)17-27-29(32(39)40(5,49)37(41)48)38(27,3)21-51-34(45)25-13-9-15-42-19-25/h6-16,19-20,22,27-33,49-50H,17-18,21H2,1-5H3/t22-,27-,28-,29-,30+,31-,32+,33+,38-,39+,40-,41+/m0/s1. The van der Waals surface area contributed by atoms with Crippen LogP contribution in [0, 0.1) is 40.4 Å². The van der Waals surface area contributed by atoms with Crippen molar-refractivity contribution in [3.05, 3.63) is 96.1 Å². The van der Waals surface area contributed by atoms with Crippen LogP contribution < -0.4 is 0 Å². The van der Waals surface area contributed by atoms with Crippen LogP contribution in [-0.2, 0) is 28.5 Å². The molecule has 0 spiro atoms. The van der Waals surface area contributed by atoms with Gasteiger partial charge < -0.3 is 29.2 Å². The molecule has 1 aromatic carbocycles. The van der Waals surface area contributed by atoms with Gasteiger partial charge in [0.05, 0.1) is 29.2 Å². The van der Waals surface area contributed by atoms with Crippen molar-refractivity contribution >= 4 is 29.7 Å². The van der Waals surface area contributed by atoms with E-state index in [4.69, 9.17) is 18.9 Å². The van der Waals surface area contributed by atoms with Gasteiger partial charge in [0.15, 0.2) is 5.78 Å². The molecule has 0 aliphatic heterocycles. The number of hydrogen-bond donors (Lipinski definition) is 2. The van der Waals surface area contributed by atoms with E-state index in [0.29, 0.717) is 0 Å². The highest BCUT2D eigenvalue weighted by Gasteiger charge is 2.82. The molecule has 284 valence electrons.